The molecule has 11 heteroatoms. The zero-order valence-corrected chi connectivity index (χ0v) is 18.6. The molecule has 1 aliphatic heterocycles. The number of ether oxygens (including phenoxy) is 2. The minimum atomic E-state index is -3.83. The van der Waals surface area contributed by atoms with Crippen LogP contribution in [0.5, 0.6) is 0 Å². The molecule has 0 spiro atoms. The number of carbonyl (C=O) groups is 3. The average Bonchev–Trinajstić information content (AvgIpc) is 3.26. The van der Waals surface area contributed by atoms with Crippen LogP contribution >= 0.6 is 11.3 Å². The summed E-state index contributed by atoms with van der Waals surface area (Å²) in [5.74, 6) is -2.25. The number of nitrogens with one attached hydrogen (secondary N) is 1. The molecule has 1 aromatic carbocycles. The minimum absolute atomic E-state index is 0.0205. The van der Waals surface area contributed by atoms with E-state index in [1.165, 1.54) is 39.9 Å². The average molecular weight is 467 g/mol. The van der Waals surface area contributed by atoms with E-state index in [0.717, 1.165) is 0 Å². The van der Waals surface area contributed by atoms with Crippen molar-refractivity contribution in [2.75, 3.05) is 19.7 Å². The van der Waals surface area contributed by atoms with Gasteiger partial charge in [-0.2, -0.15) is 4.31 Å². The van der Waals surface area contributed by atoms with Crippen LogP contribution in [-0.4, -0.2) is 62.4 Å². The number of sulfonamides is 1. The number of morpholine rings is 1. The maximum absolute atomic E-state index is 13.0. The van der Waals surface area contributed by atoms with Gasteiger partial charge in [0.25, 0.3) is 11.8 Å². The number of carbonyl (C=O) groups excluding carboxylic acids is 3. The highest BCUT2D eigenvalue weighted by Crippen LogP contribution is 2.22. The molecule has 2 aromatic rings. The maximum Gasteiger partial charge on any atom is 0.338 e. The van der Waals surface area contributed by atoms with Crippen LogP contribution in [0.25, 0.3) is 0 Å². The van der Waals surface area contributed by atoms with Crippen molar-refractivity contribution in [1.82, 2.24) is 9.62 Å². The maximum atomic E-state index is 13.0. The molecular weight excluding hydrogens is 444 g/mol. The van der Waals surface area contributed by atoms with E-state index in [2.05, 4.69) is 5.32 Å². The summed E-state index contributed by atoms with van der Waals surface area (Å²) in [5.41, 5.74) is -0.0205. The Bertz CT molecular complexity index is 1060. The molecule has 2 heterocycles. The van der Waals surface area contributed by atoms with Gasteiger partial charge in [-0.05, 0) is 43.5 Å². The fraction of sp³-hybridized carbons (Fsp3) is 0.350. The molecule has 2 unspecified atom stereocenters. The number of nitrogens with zero attached hydrogens (tertiary/aromatic N) is 1. The number of imide groups is 1. The Hall–Kier alpha value is -2.60. The molecule has 9 nitrogen and oxygen atoms in total. The van der Waals surface area contributed by atoms with E-state index in [-0.39, 0.29) is 35.8 Å². The van der Waals surface area contributed by atoms with Crippen molar-refractivity contribution >= 4 is 39.1 Å². The van der Waals surface area contributed by atoms with Crippen LogP contribution in [0, 0.1) is 0 Å². The molecule has 0 radical (unpaired) electrons. The minimum Gasteiger partial charge on any atom is -0.452 e. The normalized spacial score (nSPS) is 19.5. The molecule has 0 aliphatic carbocycles. The van der Waals surface area contributed by atoms with E-state index < -0.39 is 34.4 Å². The molecule has 1 aromatic heterocycles. The number of rotatable bonds is 6. The fourth-order valence-corrected chi connectivity index (χ4v) is 5.36. The van der Waals surface area contributed by atoms with Gasteiger partial charge in [-0.25, -0.2) is 13.2 Å². The Morgan fingerprint density at radius 2 is 1.87 bits per heavy atom. The van der Waals surface area contributed by atoms with Crippen molar-refractivity contribution in [2.45, 2.75) is 31.0 Å². The summed E-state index contributed by atoms with van der Waals surface area (Å²) in [6.45, 7) is 3.32. The molecule has 31 heavy (non-hydrogen) atoms. The number of amides is 2. The third-order valence-corrected chi connectivity index (χ3v) is 7.12. The molecule has 2 atom stereocenters. The van der Waals surface area contributed by atoms with Gasteiger partial charge in [0.05, 0.1) is 27.5 Å². The molecule has 0 saturated carbocycles. The highest BCUT2D eigenvalue weighted by molar-refractivity contribution is 7.89. The smallest absolute Gasteiger partial charge is 0.338 e. The fourth-order valence-electron chi connectivity index (χ4n) is 3.11. The van der Waals surface area contributed by atoms with E-state index >= 15 is 0 Å². The lowest BCUT2D eigenvalue weighted by atomic mass is 10.2. The van der Waals surface area contributed by atoms with Crippen LogP contribution < -0.4 is 5.32 Å². The Kier molecular flexibility index (Phi) is 7.21. The first-order valence-corrected chi connectivity index (χ1v) is 11.8. The van der Waals surface area contributed by atoms with E-state index in [1.807, 2.05) is 0 Å². The molecule has 0 bridgehead atoms. The number of benzene rings is 1. The number of thiophene rings is 1. The largest absolute Gasteiger partial charge is 0.452 e. The van der Waals surface area contributed by atoms with Crippen LogP contribution in [0.3, 0.4) is 0 Å². The first kappa shape index (κ1) is 23.1. The highest BCUT2D eigenvalue weighted by Gasteiger charge is 2.32. The monoisotopic (exact) mass is 466 g/mol. The summed E-state index contributed by atoms with van der Waals surface area (Å²) in [7, 11) is -3.83. The van der Waals surface area contributed by atoms with Crippen LogP contribution in [0.15, 0.2) is 46.7 Å². The van der Waals surface area contributed by atoms with E-state index in [9.17, 15) is 22.8 Å². The standard InChI is InChI=1S/C20H22N2O7S2/c1-13-10-22(11-14(2)29-13)31(26,27)16-6-3-5-15(9-16)20(25)28-12-18(23)21-19(24)17-7-4-8-30-17/h3-9,13-14H,10-12H2,1-2H3,(H,21,23,24). The predicted octanol–water partition coefficient (Wildman–Crippen LogP) is 1.66. The zero-order valence-electron chi connectivity index (χ0n) is 16.9. The van der Waals surface area contributed by atoms with Gasteiger partial charge in [-0.3, -0.25) is 14.9 Å². The van der Waals surface area contributed by atoms with Gasteiger partial charge in [0.1, 0.15) is 0 Å². The van der Waals surface area contributed by atoms with Gasteiger partial charge in [0, 0.05) is 13.1 Å². The number of hydrogen-bond donors (Lipinski definition) is 1. The summed E-state index contributed by atoms with van der Waals surface area (Å²) in [6, 6.07) is 8.64. The Morgan fingerprint density at radius 3 is 2.52 bits per heavy atom. The summed E-state index contributed by atoms with van der Waals surface area (Å²) >= 11 is 1.17. The van der Waals surface area contributed by atoms with Crippen molar-refractivity contribution in [2.24, 2.45) is 0 Å². The van der Waals surface area contributed by atoms with Gasteiger partial charge >= 0.3 is 5.97 Å². The van der Waals surface area contributed by atoms with Crippen molar-refractivity contribution in [3.8, 4) is 0 Å². The molecular formula is C20H22N2O7S2. The topological polar surface area (TPSA) is 119 Å². The quantitative estimate of drug-likeness (QED) is 0.643. The molecule has 2 amide bonds. The van der Waals surface area contributed by atoms with Crippen molar-refractivity contribution in [1.29, 1.82) is 0 Å². The first-order chi connectivity index (χ1) is 14.7. The summed E-state index contributed by atoms with van der Waals surface area (Å²) in [4.78, 5) is 36.3. The second-order valence-corrected chi connectivity index (χ2v) is 9.92. The van der Waals surface area contributed by atoms with Gasteiger partial charge in [0.15, 0.2) is 6.61 Å². The van der Waals surface area contributed by atoms with Crippen LogP contribution in [0.4, 0.5) is 0 Å². The van der Waals surface area contributed by atoms with Gasteiger partial charge in [-0.15, -0.1) is 11.3 Å². The Morgan fingerprint density at radius 1 is 1.16 bits per heavy atom. The van der Waals surface area contributed by atoms with Crippen molar-refractivity contribution in [3.63, 3.8) is 0 Å². The van der Waals surface area contributed by atoms with Crippen molar-refractivity contribution in [3.05, 3.63) is 52.2 Å². The molecule has 1 N–H and O–H groups in total. The third-order valence-electron chi connectivity index (χ3n) is 4.43. The van der Waals surface area contributed by atoms with Crippen LogP contribution in [0.1, 0.15) is 33.9 Å². The van der Waals surface area contributed by atoms with Gasteiger partial charge in [-0.1, -0.05) is 12.1 Å². The van der Waals surface area contributed by atoms with E-state index in [1.54, 1.807) is 31.4 Å². The van der Waals surface area contributed by atoms with Gasteiger partial charge < -0.3 is 9.47 Å². The lowest BCUT2D eigenvalue weighted by Crippen LogP contribution is -2.48. The highest BCUT2D eigenvalue weighted by atomic mass is 32.2. The van der Waals surface area contributed by atoms with E-state index in [0.29, 0.717) is 4.88 Å². The SMILES string of the molecule is CC1CN(S(=O)(=O)c2cccc(C(=O)OCC(=O)NC(=O)c3cccs3)c2)CC(C)O1. The van der Waals surface area contributed by atoms with Gasteiger partial charge in [0.2, 0.25) is 10.0 Å². The lowest BCUT2D eigenvalue weighted by molar-refractivity contribution is -0.123. The summed E-state index contributed by atoms with van der Waals surface area (Å²) in [5, 5.41) is 3.81. The lowest BCUT2D eigenvalue weighted by Gasteiger charge is -2.34. The molecule has 1 fully saturated rings. The number of hydrogen-bond acceptors (Lipinski definition) is 8. The van der Waals surface area contributed by atoms with E-state index in [4.69, 9.17) is 9.47 Å². The molecule has 1 aliphatic rings. The second kappa shape index (κ2) is 9.69. The summed E-state index contributed by atoms with van der Waals surface area (Å²) in [6.07, 6.45) is -0.496. The molecule has 166 valence electrons. The predicted molar refractivity (Wildman–Crippen MR) is 112 cm³/mol. The number of esters is 1. The molecule has 1 saturated heterocycles. The molecule has 3 rings (SSSR count). The second-order valence-electron chi connectivity index (χ2n) is 7.04. The Balaban J connectivity index is 1.63. The first-order valence-electron chi connectivity index (χ1n) is 9.47. The summed E-state index contributed by atoms with van der Waals surface area (Å²) < 4.78 is 37.8. The zero-order chi connectivity index (χ0) is 22.6. The van der Waals surface area contributed by atoms with Crippen molar-refractivity contribution < 1.29 is 32.3 Å². The Labute approximate surface area is 184 Å². The third kappa shape index (κ3) is 5.76. The van der Waals surface area contributed by atoms with Crippen LogP contribution in [0.2, 0.25) is 0 Å². The van der Waals surface area contributed by atoms with Crippen LogP contribution in [-0.2, 0) is 24.3 Å².